The Hall–Kier alpha value is -2.94. The summed E-state index contributed by atoms with van der Waals surface area (Å²) >= 11 is 0. The molecule has 0 fully saturated rings. The average Bonchev–Trinajstić information content (AvgIpc) is 2.97. The molecular weight excluding hydrogens is 417 g/mol. The van der Waals surface area contributed by atoms with E-state index in [-0.39, 0.29) is 5.92 Å². The van der Waals surface area contributed by atoms with Crippen molar-refractivity contribution in [1.29, 1.82) is 0 Å². The summed E-state index contributed by atoms with van der Waals surface area (Å²) in [5.74, 6) is 0.0856. The molecule has 2 aromatic rings. The van der Waals surface area contributed by atoms with E-state index in [1.54, 1.807) is 25.7 Å². The Balaban J connectivity index is 1.74. The largest absolute Gasteiger partial charge is 0.433 e. The summed E-state index contributed by atoms with van der Waals surface area (Å²) < 4.78 is 39.0. The summed E-state index contributed by atoms with van der Waals surface area (Å²) in [6.07, 6.45) is 3.52. The van der Waals surface area contributed by atoms with Gasteiger partial charge in [0.25, 0.3) is 0 Å². The van der Waals surface area contributed by atoms with Crippen LogP contribution in [0.5, 0.6) is 0 Å². The van der Waals surface area contributed by atoms with Crippen LogP contribution < -0.4 is 5.32 Å². The van der Waals surface area contributed by atoms with Crippen molar-refractivity contribution >= 4 is 18.6 Å². The molecule has 0 aliphatic carbocycles. The van der Waals surface area contributed by atoms with E-state index in [0.717, 1.165) is 23.4 Å². The molecule has 1 unspecified atom stereocenters. The number of pyridine rings is 2. The summed E-state index contributed by atoms with van der Waals surface area (Å²) in [6, 6.07) is 4.47. The molecule has 3 heterocycles. The fraction of sp³-hybridized carbons (Fsp3) is 0.435. The van der Waals surface area contributed by atoms with Gasteiger partial charge in [-0.3, -0.25) is 30.3 Å². The van der Waals surface area contributed by atoms with Gasteiger partial charge in [-0.15, -0.1) is 0 Å². The Bertz CT molecular complexity index is 1060. The topological polar surface area (TPSA) is 74.9 Å². The lowest BCUT2D eigenvalue weighted by atomic mass is 9.83. The molecule has 9 heteroatoms. The van der Waals surface area contributed by atoms with Gasteiger partial charge in [0.2, 0.25) is 0 Å². The fourth-order valence-electron chi connectivity index (χ4n) is 3.71. The molecule has 1 aliphatic rings. The molecule has 1 aliphatic heterocycles. The lowest BCUT2D eigenvalue weighted by Gasteiger charge is -2.34. The average molecular weight is 445 g/mol. The molecule has 3 atom stereocenters. The van der Waals surface area contributed by atoms with E-state index in [2.05, 4.69) is 37.2 Å². The van der Waals surface area contributed by atoms with Crippen molar-refractivity contribution in [2.75, 3.05) is 7.05 Å². The standard InChI is InChI=1S/C23H27F3N6/c1-15-10-17(12-29-20(15)18-6-7-28-19(11-18)23(24,25)26)13-31-22(4)16(2)21(3,14-32-22)30-9-8-27-5/h6-12,14,16,31H,13H2,1-5H3/t16-,21-,22?/m0/s1. The van der Waals surface area contributed by atoms with Gasteiger partial charge >= 0.3 is 6.18 Å². The van der Waals surface area contributed by atoms with Crippen molar-refractivity contribution in [2.24, 2.45) is 20.9 Å². The number of rotatable bonds is 6. The fourth-order valence-corrected chi connectivity index (χ4v) is 3.71. The zero-order chi connectivity index (χ0) is 23.6. The minimum Gasteiger partial charge on any atom is -0.295 e. The normalized spacial score (nSPS) is 25.9. The van der Waals surface area contributed by atoms with Gasteiger partial charge < -0.3 is 0 Å². The van der Waals surface area contributed by atoms with Crippen LogP contribution in [-0.2, 0) is 12.7 Å². The number of hydrogen-bond donors (Lipinski definition) is 1. The lowest BCUT2D eigenvalue weighted by Crippen LogP contribution is -2.49. The molecule has 6 nitrogen and oxygen atoms in total. The van der Waals surface area contributed by atoms with Crippen molar-refractivity contribution in [3.63, 3.8) is 0 Å². The lowest BCUT2D eigenvalue weighted by molar-refractivity contribution is -0.141. The van der Waals surface area contributed by atoms with E-state index in [9.17, 15) is 13.2 Å². The minimum absolute atomic E-state index is 0.0856. The Morgan fingerprint density at radius 3 is 2.59 bits per heavy atom. The van der Waals surface area contributed by atoms with E-state index in [1.165, 1.54) is 6.07 Å². The van der Waals surface area contributed by atoms with Crippen LogP contribution in [0.2, 0.25) is 0 Å². The third-order valence-corrected chi connectivity index (χ3v) is 5.99. The van der Waals surface area contributed by atoms with Gasteiger partial charge in [-0.05, 0) is 44.0 Å². The van der Waals surface area contributed by atoms with Crippen LogP contribution in [0.15, 0.2) is 45.6 Å². The SMILES string of the molecule is CN=CC=N[C@@]1(C)C=NC(C)(NCc2cnc(-c3ccnc(C(F)(F)F)c3)c(C)c2)[C@H]1C. The molecule has 0 spiro atoms. The van der Waals surface area contributed by atoms with Crippen molar-refractivity contribution < 1.29 is 13.2 Å². The predicted octanol–water partition coefficient (Wildman–Crippen LogP) is 4.53. The van der Waals surface area contributed by atoms with E-state index in [4.69, 9.17) is 0 Å². The van der Waals surface area contributed by atoms with Crippen LogP contribution in [0.4, 0.5) is 13.2 Å². The number of halogens is 3. The first-order valence-corrected chi connectivity index (χ1v) is 10.2. The number of nitrogens with one attached hydrogen (secondary N) is 1. The van der Waals surface area contributed by atoms with Crippen LogP contribution in [0, 0.1) is 12.8 Å². The summed E-state index contributed by atoms with van der Waals surface area (Å²) in [5.41, 5.74) is 0.682. The first-order valence-electron chi connectivity index (χ1n) is 10.2. The zero-order valence-corrected chi connectivity index (χ0v) is 18.8. The first kappa shape index (κ1) is 23.7. The highest BCUT2D eigenvalue weighted by Gasteiger charge is 2.46. The van der Waals surface area contributed by atoms with Gasteiger partial charge in [0.15, 0.2) is 0 Å². The van der Waals surface area contributed by atoms with Gasteiger partial charge in [0.05, 0.1) is 11.2 Å². The smallest absolute Gasteiger partial charge is 0.295 e. The molecular formula is C23H27F3N6. The monoisotopic (exact) mass is 444 g/mol. The molecule has 32 heavy (non-hydrogen) atoms. The maximum absolute atomic E-state index is 13.0. The summed E-state index contributed by atoms with van der Waals surface area (Å²) in [5, 5.41) is 3.48. The molecule has 0 saturated heterocycles. The zero-order valence-electron chi connectivity index (χ0n) is 18.8. The maximum atomic E-state index is 13.0. The minimum atomic E-state index is -4.50. The summed E-state index contributed by atoms with van der Waals surface area (Å²) in [6.45, 7) is 8.48. The predicted molar refractivity (Wildman–Crippen MR) is 121 cm³/mol. The summed E-state index contributed by atoms with van der Waals surface area (Å²) in [7, 11) is 1.69. The third kappa shape index (κ3) is 4.93. The second-order valence-electron chi connectivity index (χ2n) is 8.33. The highest BCUT2D eigenvalue weighted by atomic mass is 19.4. The summed E-state index contributed by atoms with van der Waals surface area (Å²) in [4.78, 5) is 21.0. The number of aromatic nitrogens is 2. The van der Waals surface area contributed by atoms with Crippen LogP contribution in [0.25, 0.3) is 11.3 Å². The van der Waals surface area contributed by atoms with Crippen molar-refractivity contribution in [3.8, 4) is 11.3 Å². The molecule has 0 amide bonds. The number of aryl methyl sites for hydroxylation is 1. The van der Waals surface area contributed by atoms with Crippen molar-refractivity contribution in [1.82, 2.24) is 15.3 Å². The van der Waals surface area contributed by atoms with E-state index in [1.807, 2.05) is 33.1 Å². The number of hydrogen-bond acceptors (Lipinski definition) is 6. The van der Waals surface area contributed by atoms with Crippen molar-refractivity contribution in [3.05, 3.63) is 47.4 Å². The molecule has 0 radical (unpaired) electrons. The molecule has 0 saturated carbocycles. The van der Waals surface area contributed by atoms with Crippen molar-refractivity contribution in [2.45, 2.75) is 51.6 Å². The third-order valence-electron chi connectivity index (χ3n) is 5.99. The highest BCUT2D eigenvalue weighted by Crippen LogP contribution is 2.37. The van der Waals surface area contributed by atoms with Crippen LogP contribution >= 0.6 is 0 Å². The van der Waals surface area contributed by atoms with Gasteiger partial charge in [0, 0.05) is 56.1 Å². The number of alkyl halides is 3. The second kappa shape index (κ2) is 8.90. The number of nitrogens with zero attached hydrogens (tertiary/aromatic N) is 5. The molecule has 3 rings (SSSR count). The quantitative estimate of drug-likeness (QED) is 0.666. The van der Waals surface area contributed by atoms with Crippen LogP contribution in [-0.4, -0.2) is 46.9 Å². The van der Waals surface area contributed by atoms with Gasteiger partial charge in [-0.2, -0.15) is 13.2 Å². The second-order valence-corrected chi connectivity index (χ2v) is 8.33. The van der Waals surface area contributed by atoms with Gasteiger partial charge in [-0.25, -0.2) is 0 Å². The Morgan fingerprint density at radius 1 is 1.19 bits per heavy atom. The molecule has 170 valence electrons. The Morgan fingerprint density at radius 2 is 1.94 bits per heavy atom. The van der Waals surface area contributed by atoms with Gasteiger partial charge in [-0.1, -0.05) is 13.0 Å². The molecule has 2 aromatic heterocycles. The first-order chi connectivity index (χ1) is 15.0. The Labute approximate surface area is 185 Å². The van der Waals surface area contributed by atoms with E-state index < -0.39 is 23.1 Å². The molecule has 0 bridgehead atoms. The maximum Gasteiger partial charge on any atom is 0.433 e. The van der Waals surface area contributed by atoms with Crippen LogP contribution in [0.3, 0.4) is 0 Å². The van der Waals surface area contributed by atoms with Gasteiger partial charge in [0.1, 0.15) is 11.4 Å². The number of aliphatic imine (C=N–C) groups is 3. The molecule has 1 N–H and O–H groups in total. The highest BCUT2D eigenvalue weighted by molar-refractivity contribution is 6.16. The van der Waals surface area contributed by atoms with Crippen LogP contribution in [0.1, 0.15) is 37.6 Å². The Kier molecular flexibility index (Phi) is 6.59. The molecule has 0 aromatic carbocycles. The van der Waals surface area contributed by atoms with E-state index in [0.29, 0.717) is 17.8 Å². The van der Waals surface area contributed by atoms with E-state index >= 15 is 0 Å².